The van der Waals surface area contributed by atoms with E-state index >= 15 is 0 Å². The van der Waals surface area contributed by atoms with Crippen LogP contribution in [-0.4, -0.2) is 37.7 Å². The van der Waals surface area contributed by atoms with Crippen molar-refractivity contribution in [2.75, 3.05) is 13.1 Å². The zero-order valence-electron chi connectivity index (χ0n) is 10.3. The lowest BCUT2D eigenvalue weighted by molar-refractivity contribution is 0.141. The van der Waals surface area contributed by atoms with Crippen LogP contribution in [0, 0.1) is 0 Å². The van der Waals surface area contributed by atoms with Crippen molar-refractivity contribution in [1.82, 2.24) is 24.6 Å². The first-order valence-corrected chi connectivity index (χ1v) is 7.27. The van der Waals surface area contributed by atoms with Gasteiger partial charge in [0, 0.05) is 18.1 Å². The summed E-state index contributed by atoms with van der Waals surface area (Å²) in [5, 5.41) is 7.48. The van der Waals surface area contributed by atoms with Crippen LogP contribution in [0.5, 0.6) is 0 Å². The lowest BCUT2D eigenvalue weighted by Gasteiger charge is -2.34. The van der Waals surface area contributed by atoms with Gasteiger partial charge in [0.05, 0.1) is 12.6 Å². The van der Waals surface area contributed by atoms with Gasteiger partial charge in [0.15, 0.2) is 0 Å². The Kier molecular flexibility index (Phi) is 3.66. The van der Waals surface area contributed by atoms with Gasteiger partial charge < -0.3 is 0 Å². The van der Waals surface area contributed by atoms with E-state index in [0.29, 0.717) is 6.04 Å². The molecular formula is C12H17N5S. The first kappa shape index (κ1) is 11.8. The van der Waals surface area contributed by atoms with Crippen LogP contribution in [0.3, 0.4) is 0 Å². The summed E-state index contributed by atoms with van der Waals surface area (Å²) >= 11 is 1.77. The molecule has 0 radical (unpaired) electrons. The Morgan fingerprint density at radius 1 is 1.33 bits per heavy atom. The molecule has 1 fully saturated rings. The fourth-order valence-corrected chi connectivity index (χ4v) is 3.32. The number of thiazole rings is 1. The van der Waals surface area contributed by atoms with E-state index in [1.807, 2.05) is 10.9 Å². The standard InChI is InChI=1S/C12H17N5S/c1-2-5-16(6-7-17-10-13-9-15-17)11(3-1)12-14-4-8-18-12/h4,8-11H,1-3,5-7H2. The van der Waals surface area contributed by atoms with Gasteiger partial charge in [-0.05, 0) is 19.4 Å². The monoisotopic (exact) mass is 263 g/mol. The highest BCUT2D eigenvalue weighted by Gasteiger charge is 2.25. The summed E-state index contributed by atoms with van der Waals surface area (Å²) in [4.78, 5) is 11.0. The number of nitrogens with zero attached hydrogens (tertiary/aromatic N) is 5. The molecule has 18 heavy (non-hydrogen) atoms. The number of hydrogen-bond acceptors (Lipinski definition) is 5. The topological polar surface area (TPSA) is 46.8 Å². The Balaban J connectivity index is 1.65. The minimum absolute atomic E-state index is 0.502. The third-order valence-corrected chi connectivity index (χ3v) is 4.31. The van der Waals surface area contributed by atoms with Crippen molar-refractivity contribution in [3.8, 4) is 0 Å². The normalized spacial score (nSPS) is 21.2. The maximum Gasteiger partial charge on any atom is 0.137 e. The van der Waals surface area contributed by atoms with E-state index in [1.54, 1.807) is 24.0 Å². The minimum Gasteiger partial charge on any atom is -0.292 e. The second-order valence-corrected chi connectivity index (χ2v) is 5.50. The van der Waals surface area contributed by atoms with E-state index in [1.165, 1.54) is 30.8 Å². The van der Waals surface area contributed by atoms with Crippen LogP contribution in [0.25, 0.3) is 0 Å². The molecule has 0 aliphatic carbocycles. The van der Waals surface area contributed by atoms with Crippen LogP contribution in [0.15, 0.2) is 24.2 Å². The van der Waals surface area contributed by atoms with Crippen LogP contribution in [-0.2, 0) is 6.54 Å². The number of aromatic nitrogens is 4. The van der Waals surface area contributed by atoms with Crippen LogP contribution in [0.1, 0.15) is 30.3 Å². The van der Waals surface area contributed by atoms with Gasteiger partial charge in [0.2, 0.25) is 0 Å². The van der Waals surface area contributed by atoms with Gasteiger partial charge in [-0.1, -0.05) is 6.42 Å². The van der Waals surface area contributed by atoms with Gasteiger partial charge in [-0.25, -0.2) is 9.97 Å². The maximum atomic E-state index is 4.48. The van der Waals surface area contributed by atoms with Gasteiger partial charge in [0.25, 0.3) is 0 Å². The predicted molar refractivity (Wildman–Crippen MR) is 70.3 cm³/mol. The lowest BCUT2D eigenvalue weighted by atomic mass is 10.0. The highest BCUT2D eigenvalue weighted by Crippen LogP contribution is 2.31. The fraction of sp³-hybridized carbons (Fsp3) is 0.583. The smallest absolute Gasteiger partial charge is 0.137 e. The van der Waals surface area contributed by atoms with Crippen molar-refractivity contribution < 1.29 is 0 Å². The van der Waals surface area contributed by atoms with Crippen LogP contribution >= 0.6 is 11.3 Å². The number of likely N-dealkylation sites (tertiary alicyclic amines) is 1. The Labute approximate surface area is 110 Å². The molecule has 5 nitrogen and oxygen atoms in total. The average Bonchev–Trinajstić information content (AvgIpc) is 3.10. The number of rotatable bonds is 4. The summed E-state index contributed by atoms with van der Waals surface area (Å²) in [6.07, 6.45) is 9.11. The molecule has 0 N–H and O–H groups in total. The summed E-state index contributed by atoms with van der Waals surface area (Å²) in [5.74, 6) is 0. The Morgan fingerprint density at radius 2 is 2.33 bits per heavy atom. The van der Waals surface area contributed by atoms with Crippen molar-refractivity contribution in [2.24, 2.45) is 0 Å². The quantitative estimate of drug-likeness (QED) is 0.846. The third kappa shape index (κ3) is 2.59. The largest absolute Gasteiger partial charge is 0.292 e. The molecule has 1 atom stereocenters. The fourth-order valence-electron chi connectivity index (χ4n) is 2.52. The van der Waals surface area contributed by atoms with E-state index in [-0.39, 0.29) is 0 Å². The molecule has 3 rings (SSSR count). The highest BCUT2D eigenvalue weighted by molar-refractivity contribution is 7.09. The molecule has 0 saturated carbocycles. The highest BCUT2D eigenvalue weighted by atomic mass is 32.1. The molecule has 1 aliphatic rings. The maximum absolute atomic E-state index is 4.48. The molecule has 1 unspecified atom stereocenters. The molecule has 1 aliphatic heterocycles. The van der Waals surface area contributed by atoms with Crippen molar-refractivity contribution >= 4 is 11.3 Å². The first-order chi connectivity index (χ1) is 8.93. The molecule has 0 spiro atoms. The zero-order chi connectivity index (χ0) is 12.2. The van der Waals surface area contributed by atoms with Gasteiger partial charge in [-0.15, -0.1) is 11.3 Å². The Hall–Kier alpha value is -1.27. The molecule has 2 aromatic heterocycles. The van der Waals surface area contributed by atoms with Crippen LogP contribution in [0.2, 0.25) is 0 Å². The minimum atomic E-state index is 0.502. The van der Waals surface area contributed by atoms with Crippen molar-refractivity contribution in [1.29, 1.82) is 0 Å². The summed E-state index contributed by atoms with van der Waals surface area (Å²) in [5.41, 5.74) is 0. The summed E-state index contributed by atoms with van der Waals surface area (Å²) in [6.45, 7) is 3.09. The average molecular weight is 263 g/mol. The van der Waals surface area contributed by atoms with Gasteiger partial charge in [-0.3, -0.25) is 9.58 Å². The first-order valence-electron chi connectivity index (χ1n) is 6.39. The Bertz CT molecular complexity index is 453. The van der Waals surface area contributed by atoms with E-state index in [2.05, 4.69) is 25.3 Å². The van der Waals surface area contributed by atoms with Gasteiger partial charge in [-0.2, -0.15) is 5.10 Å². The molecule has 96 valence electrons. The van der Waals surface area contributed by atoms with Crippen molar-refractivity contribution in [2.45, 2.75) is 31.8 Å². The molecule has 1 saturated heterocycles. The molecule has 0 amide bonds. The SMILES string of the molecule is c1csc(C2CCCCN2CCn2cncn2)n1. The molecule has 0 bridgehead atoms. The molecule has 6 heteroatoms. The molecule has 3 heterocycles. The predicted octanol–water partition coefficient (Wildman–Crippen LogP) is 1.96. The number of hydrogen-bond donors (Lipinski definition) is 0. The summed E-state index contributed by atoms with van der Waals surface area (Å²) in [7, 11) is 0. The Morgan fingerprint density at radius 3 is 3.11 bits per heavy atom. The number of piperidine rings is 1. The molecular weight excluding hydrogens is 246 g/mol. The van der Waals surface area contributed by atoms with E-state index in [0.717, 1.165) is 13.1 Å². The molecule has 2 aromatic rings. The second-order valence-electron chi connectivity index (χ2n) is 4.58. The lowest BCUT2D eigenvalue weighted by Crippen LogP contribution is -2.35. The van der Waals surface area contributed by atoms with E-state index in [9.17, 15) is 0 Å². The summed E-state index contributed by atoms with van der Waals surface area (Å²) in [6, 6.07) is 0.502. The van der Waals surface area contributed by atoms with Crippen LogP contribution in [0.4, 0.5) is 0 Å². The second kappa shape index (κ2) is 5.58. The zero-order valence-corrected chi connectivity index (χ0v) is 11.1. The van der Waals surface area contributed by atoms with Crippen molar-refractivity contribution in [3.05, 3.63) is 29.2 Å². The summed E-state index contributed by atoms with van der Waals surface area (Å²) < 4.78 is 1.90. The van der Waals surface area contributed by atoms with E-state index in [4.69, 9.17) is 0 Å². The van der Waals surface area contributed by atoms with E-state index < -0.39 is 0 Å². The van der Waals surface area contributed by atoms with Gasteiger partial charge >= 0.3 is 0 Å². The van der Waals surface area contributed by atoms with Crippen LogP contribution < -0.4 is 0 Å². The van der Waals surface area contributed by atoms with Gasteiger partial charge in [0.1, 0.15) is 17.7 Å². The molecule has 0 aromatic carbocycles. The third-order valence-electron chi connectivity index (χ3n) is 3.43. The van der Waals surface area contributed by atoms with Crippen molar-refractivity contribution in [3.63, 3.8) is 0 Å².